The van der Waals surface area contributed by atoms with Gasteiger partial charge < -0.3 is 10.2 Å². The molecule has 1 heterocycles. The lowest BCUT2D eigenvalue weighted by molar-refractivity contribution is -0.119. The number of hydrogen-bond donors (Lipinski definition) is 1. The zero-order chi connectivity index (χ0) is 18.5. The van der Waals surface area contributed by atoms with E-state index in [0.717, 1.165) is 36.3 Å². The molecule has 4 nitrogen and oxygen atoms in total. The fourth-order valence-electron chi connectivity index (χ4n) is 3.53. The Morgan fingerprint density at radius 2 is 1.92 bits per heavy atom. The summed E-state index contributed by atoms with van der Waals surface area (Å²) < 4.78 is 0. The maximum Gasteiger partial charge on any atom is 0.232 e. The molecule has 1 N–H and O–H groups in total. The second kappa shape index (κ2) is 8.17. The van der Waals surface area contributed by atoms with Crippen LogP contribution in [0.2, 0.25) is 0 Å². The third-order valence-corrected chi connectivity index (χ3v) is 5.15. The van der Waals surface area contributed by atoms with E-state index in [4.69, 9.17) is 0 Å². The van der Waals surface area contributed by atoms with Gasteiger partial charge in [0.05, 0.1) is 5.92 Å². The standard InChI is InChI=1S/C22H26N2O2/c1-3-16(2)21(17-9-5-4-6-10-17)22(26)23-18-11-7-12-19(15-18)24-14-8-13-20(24)25/h4-7,9-12,15-16,21H,3,8,13-14H2,1-2H3,(H,23,26)/t16-,21-/m0/s1. The summed E-state index contributed by atoms with van der Waals surface area (Å²) in [5, 5.41) is 3.06. The van der Waals surface area contributed by atoms with Crippen molar-refractivity contribution < 1.29 is 9.59 Å². The lowest BCUT2D eigenvalue weighted by atomic mass is 9.85. The Hall–Kier alpha value is -2.62. The summed E-state index contributed by atoms with van der Waals surface area (Å²) >= 11 is 0. The van der Waals surface area contributed by atoms with Crippen LogP contribution in [-0.4, -0.2) is 18.4 Å². The molecule has 2 aromatic rings. The van der Waals surface area contributed by atoms with E-state index in [1.807, 2.05) is 54.6 Å². The van der Waals surface area contributed by atoms with Gasteiger partial charge in [-0.1, -0.05) is 56.7 Å². The van der Waals surface area contributed by atoms with E-state index in [0.29, 0.717) is 6.42 Å². The normalized spacial score (nSPS) is 16.4. The van der Waals surface area contributed by atoms with Crippen LogP contribution >= 0.6 is 0 Å². The van der Waals surface area contributed by atoms with E-state index < -0.39 is 0 Å². The van der Waals surface area contributed by atoms with E-state index in [-0.39, 0.29) is 23.7 Å². The van der Waals surface area contributed by atoms with Crippen molar-refractivity contribution in [3.05, 3.63) is 60.2 Å². The molecule has 136 valence electrons. The molecule has 0 radical (unpaired) electrons. The molecule has 2 atom stereocenters. The van der Waals surface area contributed by atoms with E-state index in [9.17, 15) is 9.59 Å². The van der Waals surface area contributed by atoms with E-state index in [2.05, 4.69) is 19.2 Å². The highest BCUT2D eigenvalue weighted by Crippen LogP contribution is 2.30. The molecular weight excluding hydrogens is 324 g/mol. The van der Waals surface area contributed by atoms with Crippen molar-refractivity contribution in [2.24, 2.45) is 5.92 Å². The fourth-order valence-corrected chi connectivity index (χ4v) is 3.53. The molecular formula is C22H26N2O2. The summed E-state index contributed by atoms with van der Waals surface area (Å²) in [4.78, 5) is 26.8. The molecule has 0 bridgehead atoms. The smallest absolute Gasteiger partial charge is 0.232 e. The highest BCUT2D eigenvalue weighted by molar-refractivity contribution is 5.98. The van der Waals surface area contributed by atoms with Crippen molar-refractivity contribution in [3.63, 3.8) is 0 Å². The number of anilines is 2. The first-order chi connectivity index (χ1) is 12.6. The molecule has 1 fully saturated rings. The van der Waals surface area contributed by atoms with Crippen LogP contribution in [0.3, 0.4) is 0 Å². The van der Waals surface area contributed by atoms with Gasteiger partial charge in [0.1, 0.15) is 0 Å². The fraction of sp³-hybridized carbons (Fsp3) is 0.364. The zero-order valence-corrected chi connectivity index (χ0v) is 15.4. The van der Waals surface area contributed by atoms with Crippen LogP contribution in [0, 0.1) is 5.92 Å². The number of amides is 2. The lowest BCUT2D eigenvalue weighted by Gasteiger charge is -2.23. The minimum atomic E-state index is -0.196. The molecule has 2 aromatic carbocycles. The molecule has 0 aromatic heterocycles. The van der Waals surface area contributed by atoms with Crippen molar-refractivity contribution in [1.82, 2.24) is 0 Å². The van der Waals surface area contributed by atoms with E-state index in [1.165, 1.54) is 0 Å². The van der Waals surface area contributed by atoms with Crippen LogP contribution < -0.4 is 10.2 Å². The molecule has 0 unspecified atom stereocenters. The minimum absolute atomic E-state index is 0.00421. The largest absolute Gasteiger partial charge is 0.325 e. The monoisotopic (exact) mass is 350 g/mol. The van der Waals surface area contributed by atoms with Gasteiger partial charge in [0.2, 0.25) is 11.8 Å². The van der Waals surface area contributed by atoms with Crippen LogP contribution in [0.15, 0.2) is 54.6 Å². The molecule has 0 saturated carbocycles. The van der Waals surface area contributed by atoms with Crippen LogP contribution in [0.4, 0.5) is 11.4 Å². The van der Waals surface area contributed by atoms with Crippen LogP contribution in [0.1, 0.15) is 44.6 Å². The van der Waals surface area contributed by atoms with Crippen LogP contribution in [0.5, 0.6) is 0 Å². The zero-order valence-electron chi connectivity index (χ0n) is 15.4. The molecule has 26 heavy (non-hydrogen) atoms. The third kappa shape index (κ3) is 3.96. The number of carbonyl (C=O) groups excluding carboxylic acids is 2. The molecule has 1 aliphatic heterocycles. The molecule has 3 rings (SSSR count). The number of nitrogens with one attached hydrogen (secondary N) is 1. The van der Waals surface area contributed by atoms with Gasteiger partial charge in [0.15, 0.2) is 0 Å². The van der Waals surface area contributed by atoms with Crippen molar-refractivity contribution >= 4 is 23.2 Å². The second-order valence-electron chi connectivity index (χ2n) is 6.96. The number of rotatable bonds is 6. The Kier molecular flexibility index (Phi) is 5.71. The summed E-state index contributed by atoms with van der Waals surface area (Å²) in [5.41, 5.74) is 2.62. The first-order valence-electron chi connectivity index (χ1n) is 9.36. The predicted octanol–water partition coefficient (Wildman–Crippen LogP) is 4.58. The molecule has 4 heteroatoms. The third-order valence-electron chi connectivity index (χ3n) is 5.15. The molecule has 1 aliphatic rings. The Morgan fingerprint density at radius 3 is 2.58 bits per heavy atom. The summed E-state index contributed by atoms with van der Waals surface area (Å²) in [6, 6.07) is 17.5. The van der Waals surface area contributed by atoms with Crippen molar-refractivity contribution in [2.75, 3.05) is 16.8 Å². The van der Waals surface area contributed by atoms with Crippen molar-refractivity contribution in [2.45, 2.75) is 39.0 Å². The SMILES string of the molecule is CC[C@H](C)[C@H](C(=O)Nc1cccc(N2CCCC2=O)c1)c1ccccc1. The van der Waals surface area contributed by atoms with Gasteiger partial charge in [-0.05, 0) is 36.1 Å². The maximum absolute atomic E-state index is 13.0. The van der Waals surface area contributed by atoms with Gasteiger partial charge in [-0.2, -0.15) is 0 Å². The molecule has 1 saturated heterocycles. The number of nitrogens with zero attached hydrogens (tertiary/aromatic N) is 1. The second-order valence-corrected chi connectivity index (χ2v) is 6.96. The Labute approximate surface area is 155 Å². The topological polar surface area (TPSA) is 49.4 Å². The summed E-state index contributed by atoms with van der Waals surface area (Å²) in [5.74, 6) is 0.185. The summed E-state index contributed by atoms with van der Waals surface area (Å²) in [7, 11) is 0. The number of carbonyl (C=O) groups is 2. The van der Waals surface area contributed by atoms with Crippen LogP contribution in [0.25, 0.3) is 0 Å². The number of benzene rings is 2. The molecule has 0 spiro atoms. The van der Waals surface area contributed by atoms with Gasteiger partial charge >= 0.3 is 0 Å². The molecule has 2 amide bonds. The van der Waals surface area contributed by atoms with Gasteiger partial charge in [0, 0.05) is 24.3 Å². The van der Waals surface area contributed by atoms with Crippen LogP contribution in [-0.2, 0) is 9.59 Å². The average Bonchev–Trinajstić information content (AvgIpc) is 3.09. The first kappa shape index (κ1) is 18.2. The lowest BCUT2D eigenvalue weighted by Crippen LogP contribution is -2.27. The van der Waals surface area contributed by atoms with Gasteiger partial charge in [-0.3, -0.25) is 9.59 Å². The van der Waals surface area contributed by atoms with Crippen molar-refractivity contribution in [1.29, 1.82) is 0 Å². The molecule has 0 aliphatic carbocycles. The van der Waals surface area contributed by atoms with E-state index >= 15 is 0 Å². The minimum Gasteiger partial charge on any atom is -0.325 e. The quantitative estimate of drug-likeness (QED) is 0.829. The highest BCUT2D eigenvalue weighted by atomic mass is 16.2. The van der Waals surface area contributed by atoms with Gasteiger partial charge in [-0.25, -0.2) is 0 Å². The average molecular weight is 350 g/mol. The van der Waals surface area contributed by atoms with Crippen molar-refractivity contribution in [3.8, 4) is 0 Å². The summed E-state index contributed by atoms with van der Waals surface area (Å²) in [6.45, 7) is 4.96. The summed E-state index contributed by atoms with van der Waals surface area (Å²) in [6.07, 6.45) is 2.41. The van der Waals surface area contributed by atoms with Gasteiger partial charge in [-0.15, -0.1) is 0 Å². The first-order valence-corrected chi connectivity index (χ1v) is 9.36. The number of hydrogen-bond acceptors (Lipinski definition) is 2. The maximum atomic E-state index is 13.0. The Bertz CT molecular complexity index is 773. The highest BCUT2D eigenvalue weighted by Gasteiger charge is 2.26. The predicted molar refractivity (Wildman–Crippen MR) is 105 cm³/mol. The van der Waals surface area contributed by atoms with Gasteiger partial charge in [0.25, 0.3) is 0 Å². The van der Waals surface area contributed by atoms with E-state index in [1.54, 1.807) is 4.90 Å². The Balaban J connectivity index is 1.80. The Morgan fingerprint density at radius 1 is 1.15 bits per heavy atom.